The molecule has 1 saturated carbocycles. The van der Waals surface area contributed by atoms with Crippen molar-refractivity contribution >= 4 is 21.6 Å². The van der Waals surface area contributed by atoms with Gasteiger partial charge >= 0.3 is 0 Å². The summed E-state index contributed by atoms with van der Waals surface area (Å²) in [5.41, 5.74) is 6.52. The van der Waals surface area contributed by atoms with Crippen molar-refractivity contribution in [3.8, 4) is 0 Å². The van der Waals surface area contributed by atoms with Crippen LogP contribution in [0.4, 0.5) is 5.69 Å². The second-order valence-corrected chi connectivity index (χ2v) is 3.94. The van der Waals surface area contributed by atoms with E-state index in [9.17, 15) is 4.79 Å². The Labute approximate surface area is 78.1 Å². The lowest BCUT2D eigenvalue weighted by Crippen LogP contribution is -2.13. The zero-order chi connectivity index (χ0) is 8.72. The molecule has 1 aliphatic rings. The number of hydrogen-bond acceptors (Lipinski definition) is 2. The van der Waals surface area contributed by atoms with Gasteiger partial charge in [0.25, 0.3) is 5.56 Å². The second-order valence-electron chi connectivity index (χ2n) is 3.09. The fourth-order valence-electron chi connectivity index (χ4n) is 1.20. The van der Waals surface area contributed by atoms with Crippen molar-refractivity contribution in [2.45, 2.75) is 18.8 Å². The van der Waals surface area contributed by atoms with Gasteiger partial charge in [-0.15, -0.1) is 0 Å². The Kier molecular flexibility index (Phi) is 1.72. The predicted molar refractivity (Wildman–Crippen MR) is 51.2 cm³/mol. The number of nitrogens with two attached hydrogens (primary N) is 1. The molecule has 1 heterocycles. The standard InChI is InChI=1S/C8H9BrN2O/c9-5-3-6(10)8(12)11-7(5)4-1-2-4/h3-4H,1-2,10H2,(H,11,12). The van der Waals surface area contributed by atoms with Gasteiger partial charge in [0.05, 0.1) is 5.69 Å². The van der Waals surface area contributed by atoms with Crippen LogP contribution in [0.5, 0.6) is 0 Å². The molecular formula is C8H9BrN2O. The minimum Gasteiger partial charge on any atom is -0.394 e. The quantitative estimate of drug-likeness (QED) is 0.768. The molecule has 0 aliphatic heterocycles. The smallest absolute Gasteiger partial charge is 0.271 e. The lowest BCUT2D eigenvalue weighted by molar-refractivity contribution is 0.990. The van der Waals surface area contributed by atoms with Crippen LogP contribution in [0.2, 0.25) is 0 Å². The van der Waals surface area contributed by atoms with Crippen molar-refractivity contribution in [1.82, 2.24) is 4.98 Å². The van der Waals surface area contributed by atoms with E-state index in [0.29, 0.717) is 5.92 Å². The van der Waals surface area contributed by atoms with Crippen LogP contribution in [0.15, 0.2) is 15.3 Å². The Hall–Kier alpha value is -0.770. The molecule has 12 heavy (non-hydrogen) atoms. The van der Waals surface area contributed by atoms with Crippen LogP contribution in [0.25, 0.3) is 0 Å². The van der Waals surface area contributed by atoms with E-state index in [2.05, 4.69) is 20.9 Å². The molecule has 3 nitrogen and oxygen atoms in total. The monoisotopic (exact) mass is 228 g/mol. The highest BCUT2D eigenvalue weighted by Gasteiger charge is 2.26. The maximum Gasteiger partial charge on any atom is 0.271 e. The Morgan fingerprint density at radius 2 is 2.25 bits per heavy atom. The number of pyridine rings is 1. The fraction of sp³-hybridized carbons (Fsp3) is 0.375. The van der Waals surface area contributed by atoms with Gasteiger partial charge in [-0.1, -0.05) is 0 Å². The second kappa shape index (κ2) is 2.62. The van der Waals surface area contributed by atoms with E-state index in [-0.39, 0.29) is 11.2 Å². The Morgan fingerprint density at radius 3 is 2.83 bits per heavy atom. The van der Waals surface area contributed by atoms with Gasteiger partial charge in [-0.25, -0.2) is 0 Å². The van der Waals surface area contributed by atoms with E-state index in [0.717, 1.165) is 10.2 Å². The van der Waals surface area contributed by atoms with E-state index in [4.69, 9.17) is 5.73 Å². The van der Waals surface area contributed by atoms with Crippen LogP contribution in [-0.2, 0) is 0 Å². The molecule has 1 aromatic heterocycles. The van der Waals surface area contributed by atoms with Crippen molar-refractivity contribution in [2.75, 3.05) is 5.73 Å². The highest BCUT2D eigenvalue weighted by atomic mass is 79.9. The Morgan fingerprint density at radius 1 is 1.58 bits per heavy atom. The lowest BCUT2D eigenvalue weighted by atomic mass is 10.2. The van der Waals surface area contributed by atoms with Crippen molar-refractivity contribution in [2.24, 2.45) is 0 Å². The van der Waals surface area contributed by atoms with E-state index in [1.54, 1.807) is 6.07 Å². The molecule has 0 saturated heterocycles. The number of anilines is 1. The molecular weight excluding hydrogens is 220 g/mol. The predicted octanol–water partition coefficient (Wildman–Crippen LogP) is 1.60. The molecule has 64 valence electrons. The topological polar surface area (TPSA) is 58.9 Å². The summed E-state index contributed by atoms with van der Waals surface area (Å²) in [5.74, 6) is 0.535. The molecule has 0 bridgehead atoms. The molecule has 0 unspecified atom stereocenters. The molecule has 0 atom stereocenters. The number of hydrogen-bond donors (Lipinski definition) is 2. The minimum atomic E-state index is -0.180. The van der Waals surface area contributed by atoms with Crippen LogP contribution >= 0.6 is 15.9 Å². The average Bonchev–Trinajstić information content (AvgIpc) is 2.79. The van der Waals surface area contributed by atoms with Crippen LogP contribution in [-0.4, -0.2) is 4.98 Å². The molecule has 0 amide bonds. The molecule has 4 heteroatoms. The first kappa shape index (κ1) is 7.86. The molecule has 0 radical (unpaired) electrons. The van der Waals surface area contributed by atoms with Crippen LogP contribution in [0, 0.1) is 0 Å². The van der Waals surface area contributed by atoms with Crippen molar-refractivity contribution in [1.29, 1.82) is 0 Å². The summed E-state index contributed by atoms with van der Waals surface area (Å²) in [6.45, 7) is 0. The first-order valence-corrected chi connectivity index (χ1v) is 4.66. The molecule has 1 aromatic rings. The van der Waals surface area contributed by atoms with Crippen LogP contribution in [0.1, 0.15) is 24.5 Å². The van der Waals surface area contributed by atoms with Gasteiger partial charge in [0, 0.05) is 16.1 Å². The van der Waals surface area contributed by atoms with Gasteiger partial charge in [0.2, 0.25) is 0 Å². The molecule has 1 fully saturated rings. The third kappa shape index (κ3) is 1.27. The first-order valence-electron chi connectivity index (χ1n) is 3.86. The normalized spacial score (nSPS) is 16.4. The number of aromatic nitrogens is 1. The summed E-state index contributed by atoms with van der Waals surface area (Å²) in [5, 5.41) is 0. The van der Waals surface area contributed by atoms with Crippen molar-refractivity contribution in [3.63, 3.8) is 0 Å². The largest absolute Gasteiger partial charge is 0.394 e. The maximum absolute atomic E-state index is 11.1. The minimum absolute atomic E-state index is 0.180. The van der Waals surface area contributed by atoms with Gasteiger partial charge < -0.3 is 10.7 Å². The van der Waals surface area contributed by atoms with Gasteiger partial charge in [-0.3, -0.25) is 4.79 Å². The summed E-state index contributed by atoms with van der Waals surface area (Å²) in [4.78, 5) is 13.9. The average molecular weight is 229 g/mol. The Bertz CT molecular complexity index is 368. The first-order chi connectivity index (χ1) is 5.68. The summed E-state index contributed by atoms with van der Waals surface area (Å²) in [7, 11) is 0. The number of halogens is 1. The molecule has 0 spiro atoms. The summed E-state index contributed by atoms with van der Waals surface area (Å²) in [6, 6.07) is 1.67. The molecule has 0 aromatic carbocycles. The molecule has 2 rings (SSSR count). The van der Waals surface area contributed by atoms with E-state index in [1.165, 1.54) is 12.8 Å². The van der Waals surface area contributed by atoms with Crippen molar-refractivity contribution < 1.29 is 0 Å². The fourth-order valence-corrected chi connectivity index (χ4v) is 1.87. The van der Waals surface area contributed by atoms with Crippen LogP contribution in [0.3, 0.4) is 0 Å². The number of H-pyrrole nitrogens is 1. The number of aromatic amines is 1. The third-order valence-corrected chi connectivity index (χ3v) is 2.69. The highest BCUT2D eigenvalue weighted by molar-refractivity contribution is 9.10. The van der Waals surface area contributed by atoms with Crippen LogP contribution < -0.4 is 11.3 Å². The molecule has 1 aliphatic carbocycles. The van der Waals surface area contributed by atoms with Crippen molar-refractivity contribution in [3.05, 3.63) is 26.6 Å². The van der Waals surface area contributed by atoms with Gasteiger partial charge in [0.15, 0.2) is 0 Å². The summed E-state index contributed by atoms with van der Waals surface area (Å²) in [6.07, 6.45) is 2.33. The zero-order valence-electron chi connectivity index (χ0n) is 6.43. The van der Waals surface area contributed by atoms with E-state index >= 15 is 0 Å². The summed E-state index contributed by atoms with van der Waals surface area (Å²) >= 11 is 3.37. The number of rotatable bonds is 1. The lowest BCUT2D eigenvalue weighted by Gasteiger charge is -2.02. The zero-order valence-corrected chi connectivity index (χ0v) is 8.02. The Balaban J connectivity index is 2.54. The SMILES string of the molecule is Nc1cc(Br)c(C2CC2)[nH]c1=O. The maximum atomic E-state index is 11.1. The molecule has 3 N–H and O–H groups in total. The van der Waals surface area contributed by atoms with E-state index < -0.39 is 0 Å². The highest BCUT2D eigenvalue weighted by Crippen LogP contribution is 2.41. The van der Waals surface area contributed by atoms with Gasteiger partial charge in [-0.05, 0) is 34.8 Å². The summed E-state index contributed by atoms with van der Waals surface area (Å²) < 4.78 is 0.919. The van der Waals surface area contributed by atoms with E-state index in [1.807, 2.05) is 0 Å². The number of nitrogen functional groups attached to an aromatic ring is 1. The number of nitrogens with one attached hydrogen (secondary N) is 1. The van der Waals surface area contributed by atoms with Gasteiger partial charge in [0.1, 0.15) is 0 Å². The third-order valence-electron chi connectivity index (χ3n) is 2.04. The van der Waals surface area contributed by atoms with Gasteiger partial charge in [-0.2, -0.15) is 0 Å².